The van der Waals surface area contributed by atoms with Gasteiger partial charge < -0.3 is 10.2 Å². The van der Waals surface area contributed by atoms with Crippen molar-refractivity contribution in [1.82, 2.24) is 9.88 Å². The summed E-state index contributed by atoms with van der Waals surface area (Å²) < 4.78 is 0. The van der Waals surface area contributed by atoms with Crippen molar-refractivity contribution in [3.8, 4) is 0 Å². The van der Waals surface area contributed by atoms with Crippen molar-refractivity contribution >= 4 is 23.3 Å². The van der Waals surface area contributed by atoms with Gasteiger partial charge in [-0.25, -0.2) is 4.98 Å². The molecule has 0 radical (unpaired) electrons. The van der Waals surface area contributed by atoms with Gasteiger partial charge in [-0.2, -0.15) is 0 Å². The number of carbonyl (C=O) groups is 1. The van der Waals surface area contributed by atoms with E-state index >= 15 is 0 Å². The van der Waals surface area contributed by atoms with E-state index in [1.165, 1.54) is 0 Å². The second-order valence-corrected chi connectivity index (χ2v) is 5.17. The first-order valence-corrected chi connectivity index (χ1v) is 7.70. The van der Waals surface area contributed by atoms with Crippen molar-refractivity contribution < 1.29 is 4.79 Å². The maximum atomic E-state index is 12.5. The Morgan fingerprint density at radius 1 is 1.20 bits per heavy atom. The van der Waals surface area contributed by atoms with Crippen LogP contribution in [0.4, 0.5) is 5.82 Å². The number of hydrogen-bond acceptors (Lipinski definition) is 3. The molecule has 0 saturated heterocycles. The fourth-order valence-corrected chi connectivity index (χ4v) is 2.21. The molecule has 1 N–H and O–H groups in total. The van der Waals surface area contributed by atoms with Crippen LogP contribution in [-0.2, 0) is 0 Å². The molecule has 0 aliphatic carbocycles. The number of halogens is 1. The Labute approximate surface area is 126 Å². The zero-order valence-corrected chi connectivity index (χ0v) is 13.3. The molecule has 0 aromatic carbocycles. The summed E-state index contributed by atoms with van der Waals surface area (Å²) in [7, 11) is 0. The Morgan fingerprint density at radius 2 is 1.85 bits per heavy atom. The molecular formula is C15H24ClN3O. The highest BCUT2D eigenvalue weighted by Crippen LogP contribution is 2.17. The summed E-state index contributed by atoms with van der Waals surface area (Å²) in [6, 6.07) is 3.42. The summed E-state index contributed by atoms with van der Waals surface area (Å²) in [5.74, 6) is 0.688. The molecule has 0 aliphatic rings. The molecule has 0 spiro atoms. The number of nitrogens with zero attached hydrogens (tertiary/aromatic N) is 2. The van der Waals surface area contributed by atoms with E-state index < -0.39 is 0 Å². The quantitative estimate of drug-likeness (QED) is 0.742. The van der Waals surface area contributed by atoms with Gasteiger partial charge in [0.2, 0.25) is 0 Å². The maximum Gasteiger partial charge on any atom is 0.254 e. The number of aromatic nitrogens is 1. The third kappa shape index (κ3) is 5.00. The summed E-state index contributed by atoms with van der Waals surface area (Å²) in [5, 5.41) is 3.52. The van der Waals surface area contributed by atoms with Gasteiger partial charge in [-0.1, -0.05) is 32.4 Å². The van der Waals surface area contributed by atoms with Crippen molar-refractivity contribution in [2.24, 2.45) is 0 Å². The Bertz CT molecular complexity index is 431. The van der Waals surface area contributed by atoms with E-state index in [4.69, 9.17) is 11.6 Å². The molecule has 20 heavy (non-hydrogen) atoms. The van der Waals surface area contributed by atoms with Crippen molar-refractivity contribution in [3.05, 3.63) is 22.8 Å². The minimum absolute atomic E-state index is 0.0255. The highest BCUT2D eigenvalue weighted by molar-refractivity contribution is 6.29. The number of rotatable bonds is 8. The minimum atomic E-state index is 0.0255. The van der Waals surface area contributed by atoms with Crippen molar-refractivity contribution in [2.45, 2.75) is 40.0 Å². The molecule has 0 atom stereocenters. The van der Waals surface area contributed by atoms with Gasteiger partial charge in [-0.05, 0) is 31.4 Å². The number of nitrogens with one attached hydrogen (secondary N) is 1. The lowest BCUT2D eigenvalue weighted by molar-refractivity contribution is 0.0755. The Hall–Kier alpha value is -1.29. The van der Waals surface area contributed by atoms with E-state index in [1.54, 1.807) is 12.1 Å². The standard InChI is InChI=1S/C15H24ClN3O/c1-4-7-17-14-11-12(10-13(16)18-14)15(20)19(8-5-2)9-6-3/h10-11H,4-9H2,1-3H3,(H,17,18). The SMILES string of the molecule is CCCNc1cc(C(=O)N(CCC)CCC)cc(Cl)n1. The monoisotopic (exact) mass is 297 g/mol. The lowest BCUT2D eigenvalue weighted by Gasteiger charge is -2.21. The van der Waals surface area contributed by atoms with Crippen LogP contribution in [0.5, 0.6) is 0 Å². The summed E-state index contributed by atoms with van der Waals surface area (Å²) in [4.78, 5) is 18.6. The highest BCUT2D eigenvalue weighted by Gasteiger charge is 2.16. The van der Waals surface area contributed by atoms with E-state index in [9.17, 15) is 4.79 Å². The first-order chi connectivity index (χ1) is 9.62. The molecule has 0 unspecified atom stereocenters. The second-order valence-electron chi connectivity index (χ2n) is 4.78. The molecule has 0 bridgehead atoms. The molecule has 0 saturated carbocycles. The van der Waals surface area contributed by atoms with E-state index in [1.807, 2.05) is 4.90 Å². The van der Waals surface area contributed by atoms with Gasteiger partial charge >= 0.3 is 0 Å². The van der Waals surface area contributed by atoms with Crippen LogP contribution < -0.4 is 5.32 Å². The molecule has 4 nitrogen and oxygen atoms in total. The molecule has 112 valence electrons. The van der Waals surface area contributed by atoms with Crippen LogP contribution >= 0.6 is 11.6 Å². The normalized spacial score (nSPS) is 10.4. The average Bonchev–Trinajstić information content (AvgIpc) is 2.43. The molecule has 0 aliphatic heterocycles. The van der Waals surface area contributed by atoms with Crippen LogP contribution in [0, 0.1) is 0 Å². The van der Waals surface area contributed by atoms with Crippen LogP contribution in [0.2, 0.25) is 5.15 Å². The maximum absolute atomic E-state index is 12.5. The topological polar surface area (TPSA) is 45.2 Å². The first-order valence-electron chi connectivity index (χ1n) is 7.33. The van der Waals surface area contributed by atoms with Crippen molar-refractivity contribution in [1.29, 1.82) is 0 Å². The Kier molecular flexibility index (Phi) is 7.37. The molecule has 1 amide bonds. The third-order valence-electron chi connectivity index (χ3n) is 2.87. The molecule has 5 heteroatoms. The van der Waals surface area contributed by atoms with Crippen molar-refractivity contribution in [2.75, 3.05) is 25.0 Å². The third-order valence-corrected chi connectivity index (χ3v) is 3.07. The predicted molar refractivity (Wildman–Crippen MR) is 84.5 cm³/mol. The smallest absolute Gasteiger partial charge is 0.254 e. The molecular weight excluding hydrogens is 274 g/mol. The largest absolute Gasteiger partial charge is 0.370 e. The second kappa shape index (κ2) is 8.80. The number of amides is 1. The highest BCUT2D eigenvalue weighted by atomic mass is 35.5. The van der Waals surface area contributed by atoms with Crippen LogP contribution in [0.25, 0.3) is 0 Å². The van der Waals surface area contributed by atoms with Gasteiger partial charge in [0.15, 0.2) is 0 Å². The van der Waals surface area contributed by atoms with E-state index in [-0.39, 0.29) is 5.91 Å². The lowest BCUT2D eigenvalue weighted by atomic mass is 10.2. The number of anilines is 1. The zero-order chi connectivity index (χ0) is 15.0. The van der Waals surface area contributed by atoms with E-state index in [2.05, 4.69) is 31.1 Å². The average molecular weight is 298 g/mol. The van der Waals surface area contributed by atoms with Crippen molar-refractivity contribution in [3.63, 3.8) is 0 Å². The molecule has 1 aromatic rings. The van der Waals surface area contributed by atoms with Gasteiger partial charge in [0, 0.05) is 25.2 Å². The first kappa shape index (κ1) is 16.8. The van der Waals surface area contributed by atoms with Crippen LogP contribution in [0.1, 0.15) is 50.4 Å². The van der Waals surface area contributed by atoms with Gasteiger partial charge in [0.25, 0.3) is 5.91 Å². The fraction of sp³-hybridized carbons (Fsp3) is 0.600. The van der Waals surface area contributed by atoms with E-state index in [0.29, 0.717) is 16.5 Å². The fourth-order valence-electron chi connectivity index (χ4n) is 2.00. The lowest BCUT2D eigenvalue weighted by Crippen LogP contribution is -2.32. The number of pyridine rings is 1. The Morgan fingerprint density at radius 3 is 2.40 bits per heavy atom. The molecule has 1 rings (SSSR count). The minimum Gasteiger partial charge on any atom is -0.370 e. The van der Waals surface area contributed by atoms with Gasteiger partial charge in [0.1, 0.15) is 11.0 Å². The summed E-state index contributed by atoms with van der Waals surface area (Å²) >= 11 is 6.01. The van der Waals surface area contributed by atoms with E-state index in [0.717, 1.165) is 38.9 Å². The van der Waals surface area contributed by atoms with Gasteiger partial charge in [0.05, 0.1) is 0 Å². The van der Waals surface area contributed by atoms with Crippen LogP contribution in [0.15, 0.2) is 12.1 Å². The Balaban J connectivity index is 2.92. The number of carbonyl (C=O) groups excluding carboxylic acids is 1. The van der Waals surface area contributed by atoms with Gasteiger partial charge in [-0.3, -0.25) is 4.79 Å². The van der Waals surface area contributed by atoms with Gasteiger partial charge in [-0.15, -0.1) is 0 Å². The van der Waals surface area contributed by atoms with Crippen LogP contribution in [0.3, 0.4) is 0 Å². The predicted octanol–water partition coefficient (Wildman–Crippen LogP) is 3.82. The summed E-state index contributed by atoms with van der Waals surface area (Å²) in [5.41, 5.74) is 0.602. The summed E-state index contributed by atoms with van der Waals surface area (Å²) in [6.07, 6.45) is 2.90. The molecule has 1 aromatic heterocycles. The van der Waals surface area contributed by atoms with Crippen LogP contribution in [-0.4, -0.2) is 35.4 Å². The molecule has 0 fully saturated rings. The zero-order valence-electron chi connectivity index (χ0n) is 12.6. The summed E-state index contributed by atoms with van der Waals surface area (Å²) in [6.45, 7) is 8.57. The number of hydrogen-bond donors (Lipinski definition) is 1. The molecule has 1 heterocycles.